The fourth-order valence-electron chi connectivity index (χ4n) is 1.72. The Kier molecular flexibility index (Phi) is 3.85. The molecule has 1 aromatic heterocycles. The second-order valence-corrected chi connectivity index (χ2v) is 4.48. The molecule has 106 valence electrons. The first kappa shape index (κ1) is 14.6. The Bertz CT molecular complexity index is 643. The van der Waals surface area contributed by atoms with Gasteiger partial charge in [0.1, 0.15) is 5.75 Å². The summed E-state index contributed by atoms with van der Waals surface area (Å²) in [5.74, 6) is -1.13. The lowest BCUT2D eigenvalue weighted by Gasteiger charge is -2.12. The zero-order chi connectivity index (χ0) is 14.9. The summed E-state index contributed by atoms with van der Waals surface area (Å²) in [6.45, 7) is 1.61. The molecular formula is C13H8ClF4NO. The van der Waals surface area contributed by atoms with Crippen LogP contribution < -0.4 is 4.74 Å². The lowest BCUT2D eigenvalue weighted by Crippen LogP contribution is -2.17. The molecular weight excluding hydrogens is 298 g/mol. The maximum absolute atomic E-state index is 12.9. The smallest absolute Gasteiger partial charge is 0.406 e. The van der Waals surface area contributed by atoms with Gasteiger partial charge in [-0.15, -0.1) is 13.2 Å². The average Bonchev–Trinajstić information content (AvgIpc) is 2.25. The van der Waals surface area contributed by atoms with Crippen LogP contribution in [0.1, 0.15) is 5.56 Å². The molecule has 2 rings (SSSR count). The Morgan fingerprint density at radius 3 is 2.45 bits per heavy atom. The number of ether oxygens (including phenoxy) is 1. The number of aromatic nitrogens is 1. The molecule has 0 unspecified atom stereocenters. The van der Waals surface area contributed by atoms with Crippen molar-refractivity contribution in [2.45, 2.75) is 13.3 Å². The minimum atomic E-state index is -4.78. The maximum Gasteiger partial charge on any atom is 0.573 e. The van der Waals surface area contributed by atoms with Gasteiger partial charge in [-0.05, 0) is 30.2 Å². The summed E-state index contributed by atoms with van der Waals surface area (Å²) in [5, 5.41) is 0.0565. The number of rotatable bonds is 2. The third-order valence-corrected chi connectivity index (χ3v) is 2.73. The van der Waals surface area contributed by atoms with Crippen molar-refractivity contribution in [1.82, 2.24) is 4.98 Å². The molecule has 0 saturated carbocycles. The van der Waals surface area contributed by atoms with Crippen LogP contribution in [0.15, 0.2) is 30.5 Å². The van der Waals surface area contributed by atoms with Crippen LogP contribution in [-0.2, 0) is 0 Å². The second-order valence-electron chi connectivity index (χ2n) is 4.07. The zero-order valence-corrected chi connectivity index (χ0v) is 10.9. The Labute approximate surface area is 117 Å². The predicted octanol–water partition coefficient (Wildman–Crippen LogP) is 4.75. The molecule has 2 nitrogen and oxygen atoms in total. The van der Waals surface area contributed by atoms with Crippen molar-refractivity contribution in [1.29, 1.82) is 0 Å². The van der Waals surface area contributed by atoms with Crippen LogP contribution in [-0.4, -0.2) is 11.3 Å². The fourth-order valence-corrected chi connectivity index (χ4v) is 1.96. The standard InChI is InChI=1S/C13H8ClF4NO/c1-7-2-8(4-9(3-7)20-13(16,17)18)10-6-19-12(15)5-11(10)14/h2-6H,1H3. The van der Waals surface area contributed by atoms with Crippen molar-refractivity contribution in [3.63, 3.8) is 0 Å². The highest BCUT2D eigenvalue weighted by atomic mass is 35.5. The van der Waals surface area contributed by atoms with Crippen LogP contribution in [0.4, 0.5) is 17.6 Å². The highest BCUT2D eigenvalue weighted by molar-refractivity contribution is 6.33. The number of alkyl halides is 3. The first-order valence-corrected chi connectivity index (χ1v) is 5.81. The molecule has 1 heterocycles. The van der Waals surface area contributed by atoms with Gasteiger partial charge >= 0.3 is 6.36 Å². The monoisotopic (exact) mass is 305 g/mol. The number of benzene rings is 1. The largest absolute Gasteiger partial charge is 0.573 e. The van der Waals surface area contributed by atoms with Crippen LogP contribution in [0.2, 0.25) is 5.02 Å². The summed E-state index contributed by atoms with van der Waals surface area (Å²) in [6.07, 6.45) is -3.63. The quantitative estimate of drug-likeness (QED) is 0.590. The van der Waals surface area contributed by atoms with E-state index in [2.05, 4.69) is 9.72 Å². The molecule has 1 aromatic carbocycles. The Hall–Kier alpha value is -1.82. The van der Waals surface area contributed by atoms with Crippen LogP contribution in [0.5, 0.6) is 5.75 Å². The van der Waals surface area contributed by atoms with E-state index in [1.165, 1.54) is 12.1 Å². The number of nitrogens with zero attached hydrogens (tertiary/aromatic N) is 1. The first-order chi connectivity index (χ1) is 9.24. The highest BCUT2D eigenvalue weighted by Gasteiger charge is 2.31. The van der Waals surface area contributed by atoms with Gasteiger partial charge in [0.25, 0.3) is 0 Å². The Morgan fingerprint density at radius 1 is 1.15 bits per heavy atom. The van der Waals surface area contributed by atoms with E-state index in [4.69, 9.17) is 11.6 Å². The summed E-state index contributed by atoms with van der Waals surface area (Å²) >= 11 is 5.86. The van der Waals surface area contributed by atoms with Crippen LogP contribution in [0.3, 0.4) is 0 Å². The van der Waals surface area contributed by atoms with Crippen molar-refractivity contribution in [3.05, 3.63) is 47.0 Å². The molecule has 0 radical (unpaired) electrons. The average molecular weight is 306 g/mol. The van der Waals surface area contributed by atoms with Gasteiger partial charge in [0, 0.05) is 17.8 Å². The van der Waals surface area contributed by atoms with E-state index >= 15 is 0 Å². The van der Waals surface area contributed by atoms with E-state index in [9.17, 15) is 17.6 Å². The molecule has 0 atom stereocenters. The molecule has 0 fully saturated rings. The van der Waals surface area contributed by atoms with E-state index in [-0.39, 0.29) is 10.8 Å². The predicted molar refractivity (Wildman–Crippen MR) is 66.1 cm³/mol. The minimum absolute atomic E-state index is 0.0565. The molecule has 0 aliphatic rings. The van der Waals surface area contributed by atoms with Crippen molar-refractivity contribution in [2.24, 2.45) is 0 Å². The number of hydrogen-bond donors (Lipinski definition) is 0. The molecule has 0 saturated heterocycles. The lowest BCUT2D eigenvalue weighted by molar-refractivity contribution is -0.274. The molecule has 20 heavy (non-hydrogen) atoms. The van der Waals surface area contributed by atoms with Gasteiger partial charge in [0.2, 0.25) is 5.95 Å². The van der Waals surface area contributed by atoms with Gasteiger partial charge in [-0.3, -0.25) is 0 Å². The van der Waals surface area contributed by atoms with Crippen molar-refractivity contribution < 1.29 is 22.3 Å². The van der Waals surface area contributed by atoms with Crippen LogP contribution >= 0.6 is 11.6 Å². The molecule has 0 bridgehead atoms. The molecule has 0 aliphatic carbocycles. The lowest BCUT2D eigenvalue weighted by atomic mass is 10.0. The Balaban J connectivity index is 2.46. The highest BCUT2D eigenvalue weighted by Crippen LogP contribution is 2.32. The number of pyridine rings is 1. The third kappa shape index (κ3) is 3.60. The van der Waals surface area contributed by atoms with Gasteiger partial charge in [-0.25, -0.2) is 4.98 Å². The number of halogens is 5. The number of hydrogen-bond acceptors (Lipinski definition) is 2. The van der Waals surface area contributed by atoms with E-state index in [1.54, 1.807) is 13.0 Å². The molecule has 0 spiro atoms. The molecule has 0 amide bonds. The Morgan fingerprint density at radius 2 is 1.85 bits per heavy atom. The van der Waals surface area contributed by atoms with Gasteiger partial charge in [-0.2, -0.15) is 4.39 Å². The minimum Gasteiger partial charge on any atom is -0.406 e. The zero-order valence-electron chi connectivity index (χ0n) is 10.1. The van der Waals surface area contributed by atoms with Gasteiger partial charge in [-0.1, -0.05) is 17.7 Å². The van der Waals surface area contributed by atoms with E-state index in [0.29, 0.717) is 16.7 Å². The summed E-state index contributed by atoms with van der Waals surface area (Å²) in [6, 6.07) is 5.00. The van der Waals surface area contributed by atoms with E-state index in [0.717, 1.165) is 12.3 Å². The second kappa shape index (κ2) is 5.28. The maximum atomic E-state index is 12.9. The van der Waals surface area contributed by atoms with E-state index in [1.807, 2.05) is 0 Å². The van der Waals surface area contributed by atoms with Gasteiger partial charge < -0.3 is 4.74 Å². The third-order valence-electron chi connectivity index (χ3n) is 2.42. The summed E-state index contributed by atoms with van der Waals surface area (Å²) in [7, 11) is 0. The number of aryl methyl sites for hydroxylation is 1. The molecule has 0 aliphatic heterocycles. The van der Waals surface area contributed by atoms with Gasteiger partial charge in [0.05, 0.1) is 5.02 Å². The molecule has 0 N–H and O–H groups in total. The normalized spacial score (nSPS) is 11.5. The molecule has 7 heteroatoms. The summed E-state index contributed by atoms with van der Waals surface area (Å²) in [4.78, 5) is 3.44. The van der Waals surface area contributed by atoms with Crippen LogP contribution in [0.25, 0.3) is 11.1 Å². The SMILES string of the molecule is Cc1cc(OC(F)(F)F)cc(-c2cnc(F)cc2Cl)c1. The first-order valence-electron chi connectivity index (χ1n) is 5.43. The van der Waals surface area contributed by atoms with Crippen molar-refractivity contribution in [3.8, 4) is 16.9 Å². The van der Waals surface area contributed by atoms with Gasteiger partial charge in [0.15, 0.2) is 0 Å². The van der Waals surface area contributed by atoms with E-state index < -0.39 is 12.3 Å². The van der Waals surface area contributed by atoms with Crippen molar-refractivity contribution in [2.75, 3.05) is 0 Å². The molecule has 2 aromatic rings. The summed E-state index contributed by atoms with van der Waals surface area (Å²) < 4.78 is 53.4. The summed E-state index contributed by atoms with van der Waals surface area (Å²) in [5.41, 5.74) is 1.23. The van der Waals surface area contributed by atoms with Crippen LogP contribution in [0, 0.1) is 12.9 Å². The van der Waals surface area contributed by atoms with Crippen molar-refractivity contribution >= 4 is 11.6 Å². The topological polar surface area (TPSA) is 22.1 Å². The fraction of sp³-hybridized carbons (Fsp3) is 0.154.